The molecule has 0 fully saturated rings. The molecule has 0 bridgehead atoms. The maximum Gasteiger partial charge on any atom is 0.438 e. The lowest BCUT2D eigenvalue weighted by Crippen LogP contribution is -2.73. The van der Waals surface area contributed by atoms with Crippen molar-refractivity contribution in [3.8, 4) is 0 Å². The van der Waals surface area contributed by atoms with Crippen LogP contribution >= 0.6 is 11.8 Å². The fourth-order valence-corrected chi connectivity index (χ4v) is 4.23. The molecular weight excluding hydrogens is 630 g/mol. The van der Waals surface area contributed by atoms with Crippen LogP contribution in [-0.2, 0) is 20.9 Å². The lowest BCUT2D eigenvalue weighted by Gasteiger charge is -2.41. The summed E-state index contributed by atoms with van der Waals surface area (Å²) >= 11 is -1.53. The topological polar surface area (TPSA) is 54.4 Å². The van der Waals surface area contributed by atoms with E-state index in [1.54, 1.807) is 0 Å². The molecule has 0 spiro atoms. The van der Waals surface area contributed by atoms with E-state index in [4.69, 9.17) is 4.55 Å². The van der Waals surface area contributed by atoms with Gasteiger partial charge in [-0.1, -0.05) is 47.6 Å². The Labute approximate surface area is 223 Å². The van der Waals surface area contributed by atoms with E-state index in [2.05, 4.69) is 0 Å². The minimum Gasteiger partial charge on any atom is -0.281 e. The van der Waals surface area contributed by atoms with Crippen molar-refractivity contribution in [2.24, 2.45) is 0 Å². The summed E-state index contributed by atoms with van der Waals surface area (Å²) in [4.78, 5) is -0.976. The summed E-state index contributed by atoms with van der Waals surface area (Å²) in [6.07, 6.45) is 0. The molecule has 0 radical (unpaired) electrons. The van der Waals surface area contributed by atoms with Crippen LogP contribution in [-0.4, -0.2) is 53.1 Å². The van der Waals surface area contributed by atoms with Crippen molar-refractivity contribution in [1.82, 2.24) is 0 Å². The van der Waals surface area contributed by atoms with Gasteiger partial charge in [-0.3, -0.25) is 4.55 Å². The highest BCUT2D eigenvalue weighted by atomic mass is 32.2. The van der Waals surface area contributed by atoms with Gasteiger partial charge in [0.05, 0.1) is 0 Å². The predicted molar refractivity (Wildman–Crippen MR) is 116 cm³/mol. The Morgan fingerprint density at radius 2 is 0.850 bits per heavy atom. The highest BCUT2D eigenvalue weighted by molar-refractivity contribution is 8.00. The zero-order chi connectivity index (χ0) is 32.6. The van der Waals surface area contributed by atoms with E-state index in [9.17, 15) is 69.9 Å². The molecule has 0 aliphatic rings. The highest BCUT2D eigenvalue weighted by Crippen LogP contribution is 2.64. The average molecular weight is 653 g/mol. The first-order valence-electron chi connectivity index (χ1n) is 10.5. The number of alkyl halides is 14. The van der Waals surface area contributed by atoms with Crippen molar-refractivity contribution >= 4 is 21.9 Å². The molecule has 0 aromatic heterocycles. The number of hydrogen-bond acceptors (Lipinski definition) is 3. The van der Waals surface area contributed by atoms with Gasteiger partial charge < -0.3 is 0 Å². The van der Waals surface area contributed by atoms with E-state index in [0.29, 0.717) is 0 Å². The number of benzene rings is 1. The first-order chi connectivity index (χ1) is 17.0. The molecule has 0 aliphatic carbocycles. The van der Waals surface area contributed by atoms with Crippen LogP contribution < -0.4 is 0 Å². The molecule has 0 saturated heterocycles. The number of hydrogen-bond donors (Lipinski definition) is 1. The fourth-order valence-electron chi connectivity index (χ4n) is 2.86. The van der Waals surface area contributed by atoms with Crippen LogP contribution in [0.2, 0.25) is 0 Å². The molecule has 3 nitrogen and oxygen atoms in total. The number of thioether (sulfide) groups is 1. The second-order valence-electron chi connectivity index (χ2n) is 10.7. The Balaban J connectivity index is 3.78. The first kappa shape index (κ1) is 36.5. The van der Waals surface area contributed by atoms with Crippen LogP contribution in [0.25, 0.3) is 0 Å². The van der Waals surface area contributed by atoms with Gasteiger partial charge in [0.15, 0.2) is 0 Å². The van der Waals surface area contributed by atoms with E-state index >= 15 is 0 Å². The lowest BCUT2D eigenvalue weighted by atomic mass is 9.81. The Kier molecular flexibility index (Phi) is 8.92. The van der Waals surface area contributed by atoms with Gasteiger partial charge in [0.2, 0.25) is 0 Å². The summed E-state index contributed by atoms with van der Waals surface area (Å²) in [5, 5.41) is -14.2. The molecular formula is C21H22F14O3S2. The molecule has 1 aromatic carbocycles. The first-order valence-corrected chi connectivity index (χ1v) is 12.8. The van der Waals surface area contributed by atoms with Crippen LogP contribution in [0.5, 0.6) is 0 Å². The molecule has 0 atom stereocenters. The largest absolute Gasteiger partial charge is 0.438 e. The third-order valence-electron chi connectivity index (χ3n) is 5.52. The van der Waals surface area contributed by atoms with Crippen molar-refractivity contribution in [3.63, 3.8) is 0 Å². The SMILES string of the molecule is CC(C)(C)c1cc(SC(F)(F)C(F)(F)C(F)(F)C(F)(F)C(F)(F)C(F)(F)C(F)(F)S(=O)(=O)O)cc(C(C)(C)C)c1. The Bertz CT molecular complexity index is 1180. The molecule has 0 amide bonds. The zero-order valence-electron chi connectivity index (χ0n) is 21.1. The second-order valence-corrected chi connectivity index (χ2v) is 13.4. The summed E-state index contributed by atoms with van der Waals surface area (Å²) < 4.78 is 224. The van der Waals surface area contributed by atoms with E-state index in [0.717, 1.165) is 12.1 Å². The smallest absolute Gasteiger partial charge is 0.281 e. The van der Waals surface area contributed by atoms with Gasteiger partial charge in [-0.05, 0) is 45.9 Å². The van der Waals surface area contributed by atoms with Gasteiger partial charge >= 0.3 is 50.2 Å². The van der Waals surface area contributed by atoms with Crippen LogP contribution in [0.4, 0.5) is 61.5 Å². The normalized spacial score (nSPS) is 15.9. The quantitative estimate of drug-likeness (QED) is 0.165. The van der Waals surface area contributed by atoms with Gasteiger partial charge in [-0.15, -0.1) is 0 Å². The summed E-state index contributed by atoms with van der Waals surface area (Å²) in [5.41, 5.74) is -1.54. The zero-order valence-corrected chi connectivity index (χ0v) is 22.7. The second kappa shape index (κ2) is 9.77. The number of rotatable bonds is 9. The molecule has 0 unspecified atom stereocenters. The van der Waals surface area contributed by atoms with Crippen LogP contribution in [0.15, 0.2) is 23.1 Å². The maximum absolute atomic E-state index is 14.6. The van der Waals surface area contributed by atoms with E-state index in [1.165, 1.54) is 47.6 Å². The van der Waals surface area contributed by atoms with Crippen molar-refractivity contribution in [3.05, 3.63) is 29.3 Å². The van der Waals surface area contributed by atoms with Gasteiger partial charge in [-0.2, -0.15) is 69.9 Å². The van der Waals surface area contributed by atoms with Crippen molar-refractivity contribution in [2.75, 3.05) is 0 Å². The van der Waals surface area contributed by atoms with Gasteiger partial charge in [0.1, 0.15) is 0 Å². The van der Waals surface area contributed by atoms with Crippen molar-refractivity contribution in [2.45, 2.75) is 97.4 Å². The molecule has 1 rings (SSSR count). The summed E-state index contributed by atoms with van der Waals surface area (Å²) in [7, 11) is -7.77. The van der Waals surface area contributed by atoms with Crippen molar-refractivity contribution in [1.29, 1.82) is 0 Å². The molecule has 234 valence electrons. The minimum atomic E-state index is -8.46. The summed E-state index contributed by atoms with van der Waals surface area (Å²) in [6, 6.07) is 2.94. The minimum absolute atomic E-state index is 0.136. The monoisotopic (exact) mass is 652 g/mol. The van der Waals surface area contributed by atoms with Crippen LogP contribution in [0, 0.1) is 0 Å². The van der Waals surface area contributed by atoms with Gasteiger partial charge in [0.25, 0.3) is 0 Å². The molecule has 40 heavy (non-hydrogen) atoms. The van der Waals surface area contributed by atoms with E-state index in [1.807, 2.05) is 0 Å². The Hall–Kier alpha value is -1.50. The lowest BCUT2D eigenvalue weighted by molar-refractivity contribution is -0.428. The summed E-state index contributed by atoms with van der Waals surface area (Å²) in [6.45, 7) is 9.06. The van der Waals surface area contributed by atoms with Crippen molar-refractivity contribution < 1.29 is 74.4 Å². The van der Waals surface area contributed by atoms with E-state index in [-0.39, 0.29) is 11.1 Å². The fraction of sp³-hybridized carbons (Fsp3) is 0.714. The third kappa shape index (κ3) is 5.62. The average Bonchev–Trinajstić information content (AvgIpc) is 2.70. The molecule has 0 saturated carbocycles. The summed E-state index contributed by atoms with van der Waals surface area (Å²) in [5.74, 6) is -41.0. The number of halogens is 14. The Morgan fingerprint density at radius 1 is 0.550 bits per heavy atom. The molecule has 1 aromatic rings. The van der Waals surface area contributed by atoms with Crippen LogP contribution in [0.1, 0.15) is 52.7 Å². The maximum atomic E-state index is 14.6. The van der Waals surface area contributed by atoms with E-state index < -0.39 is 77.7 Å². The molecule has 1 N–H and O–H groups in total. The highest BCUT2D eigenvalue weighted by Gasteiger charge is 2.94. The third-order valence-corrected chi connectivity index (χ3v) is 7.41. The van der Waals surface area contributed by atoms with Gasteiger partial charge in [-0.25, -0.2) is 0 Å². The Morgan fingerprint density at radius 3 is 1.15 bits per heavy atom. The molecule has 0 aliphatic heterocycles. The predicted octanol–water partition coefficient (Wildman–Crippen LogP) is 8.62. The van der Waals surface area contributed by atoms with Crippen LogP contribution in [0.3, 0.4) is 0 Å². The standard InChI is InChI=1S/C21H22F14O3S2/c1-13(2,3)10-7-11(14(4,5)6)9-12(8-10)39-20(32,33)18(28,29)16(24,25)15(22,23)17(26,27)19(30,31)21(34,35)40(36,37)38/h7-9H,1-6H3,(H,36,37,38). The molecule has 19 heteroatoms. The molecule has 0 heterocycles. The van der Waals surface area contributed by atoms with Gasteiger partial charge in [0, 0.05) is 4.90 Å².